The number of nitrogens with one attached hydrogen (secondary N) is 1. The standard InChI is InChI=1S/C15H16N2O5S/c16-14(21)15(4-2-1-3-5-15)22-13(20)10-11(18)8-6-23-7-9(8)17-12(10)19/h6-7,18H,1-5H2,(H2,16,21)(H,17,19). The molecular weight excluding hydrogens is 320 g/mol. The number of rotatable bonds is 3. The molecule has 8 heteroatoms. The van der Waals surface area contributed by atoms with Gasteiger partial charge in [-0.2, -0.15) is 0 Å². The summed E-state index contributed by atoms with van der Waals surface area (Å²) >= 11 is 1.28. The number of nitrogens with two attached hydrogens (primary N) is 1. The van der Waals surface area contributed by atoms with Crippen molar-refractivity contribution in [3.05, 3.63) is 26.7 Å². The second-order valence-corrected chi connectivity index (χ2v) is 6.43. The molecule has 1 aliphatic rings. The average Bonchev–Trinajstić information content (AvgIpc) is 2.96. The van der Waals surface area contributed by atoms with E-state index >= 15 is 0 Å². The van der Waals surface area contributed by atoms with Gasteiger partial charge in [0.25, 0.3) is 11.5 Å². The van der Waals surface area contributed by atoms with E-state index in [4.69, 9.17) is 10.5 Å². The Morgan fingerprint density at radius 3 is 2.61 bits per heavy atom. The maximum atomic E-state index is 12.4. The van der Waals surface area contributed by atoms with Crippen LogP contribution < -0.4 is 11.3 Å². The van der Waals surface area contributed by atoms with E-state index in [0.717, 1.165) is 6.42 Å². The zero-order chi connectivity index (χ0) is 16.6. The molecule has 0 aromatic carbocycles. The Labute approximate surface area is 135 Å². The molecule has 0 unspecified atom stereocenters. The molecule has 4 N–H and O–H groups in total. The molecule has 0 saturated heterocycles. The quantitative estimate of drug-likeness (QED) is 0.735. The number of pyridine rings is 1. The predicted molar refractivity (Wildman–Crippen MR) is 84.5 cm³/mol. The van der Waals surface area contributed by atoms with Crippen molar-refractivity contribution in [3.63, 3.8) is 0 Å². The SMILES string of the molecule is NC(=O)C1(OC(=O)c2c(O)c3cscc3[nH]c2=O)CCCCC1. The molecule has 3 rings (SSSR count). The van der Waals surface area contributed by atoms with Gasteiger partial charge in [-0.05, 0) is 25.7 Å². The third-order valence-corrected chi connectivity index (χ3v) is 4.98. The number of primary amides is 1. The first kappa shape index (κ1) is 15.5. The highest BCUT2D eigenvalue weighted by Gasteiger charge is 2.42. The Balaban J connectivity index is 2.00. The molecule has 1 fully saturated rings. The van der Waals surface area contributed by atoms with Crippen LogP contribution in [-0.2, 0) is 9.53 Å². The van der Waals surface area contributed by atoms with E-state index in [1.807, 2.05) is 0 Å². The molecule has 122 valence electrons. The highest BCUT2D eigenvalue weighted by molar-refractivity contribution is 7.09. The number of amides is 1. The summed E-state index contributed by atoms with van der Waals surface area (Å²) in [6.45, 7) is 0. The molecule has 2 aromatic rings. The number of hydrogen-bond acceptors (Lipinski definition) is 6. The van der Waals surface area contributed by atoms with Crippen LogP contribution in [0.3, 0.4) is 0 Å². The molecule has 0 spiro atoms. The van der Waals surface area contributed by atoms with Gasteiger partial charge in [0.2, 0.25) is 0 Å². The second kappa shape index (κ2) is 5.69. The van der Waals surface area contributed by atoms with Crippen LogP contribution in [0, 0.1) is 0 Å². The van der Waals surface area contributed by atoms with Crippen LogP contribution in [0.1, 0.15) is 42.5 Å². The predicted octanol–water partition coefficient (Wildman–Crippen LogP) is 1.64. The Kier molecular flexibility index (Phi) is 3.85. The zero-order valence-electron chi connectivity index (χ0n) is 12.3. The van der Waals surface area contributed by atoms with Crippen molar-refractivity contribution >= 4 is 34.1 Å². The fourth-order valence-electron chi connectivity index (χ4n) is 2.94. The molecule has 0 bridgehead atoms. The Hall–Kier alpha value is -2.35. The van der Waals surface area contributed by atoms with Gasteiger partial charge in [0, 0.05) is 10.8 Å². The summed E-state index contributed by atoms with van der Waals surface area (Å²) in [5.41, 5.74) is 3.20. The van der Waals surface area contributed by atoms with Crippen LogP contribution in [0.4, 0.5) is 0 Å². The number of aromatic hydroxyl groups is 1. The monoisotopic (exact) mass is 336 g/mol. The molecule has 2 aromatic heterocycles. The van der Waals surface area contributed by atoms with E-state index in [1.54, 1.807) is 10.8 Å². The largest absolute Gasteiger partial charge is 0.506 e. The van der Waals surface area contributed by atoms with E-state index in [1.165, 1.54) is 11.3 Å². The van der Waals surface area contributed by atoms with Gasteiger partial charge in [-0.15, -0.1) is 11.3 Å². The number of esters is 1. The van der Waals surface area contributed by atoms with Crippen molar-refractivity contribution in [1.29, 1.82) is 0 Å². The van der Waals surface area contributed by atoms with E-state index in [0.29, 0.717) is 36.6 Å². The topological polar surface area (TPSA) is 122 Å². The van der Waals surface area contributed by atoms with Gasteiger partial charge in [0.15, 0.2) is 11.2 Å². The molecule has 1 saturated carbocycles. The summed E-state index contributed by atoms with van der Waals surface area (Å²) in [7, 11) is 0. The molecule has 0 aliphatic heterocycles. The third kappa shape index (κ3) is 2.59. The van der Waals surface area contributed by atoms with Crippen molar-refractivity contribution in [3.8, 4) is 5.75 Å². The van der Waals surface area contributed by atoms with Crippen molar-refractivity contribution in [2.24, 2.45) is 5.73 Å². The van der Waals surface area contributed by atoms with Crippen LogP contribution in [0.15, 0.2) is 15.6 Å². The molecular formula is C15H16N2O5S. The molecule has 7 nitrogen and oxygen atoms in total. The molecule has 0 radical (unpaired) electrons. The molecule has 1 aliphatic carbocycles. The van der Waals surface area contributed by atoms with Crippen molar-refractivity contribution in [2.75, 3.05) is 0 Å². The van der Waals surface area contributed by atoms with E-state index in [2.05, 4.69) is 4.98 Å². The number of ether oxygens (including phenoxy) is 1. The molecule has 23 heavy (non-hydrogen) atoms. The second-order valence-electron chi connectivity index (χ2n) is 5.69. The highest BCUT2D eigenvalue weighted by atomic mass is 32.1. The fourth-order valence-corrected chi connectivity index (χ4v) is 3.71. The van der Waals surface area contributed by atoms with Crippen LogP contribution in [0.25, 0.3) is 10.9 Å². The van der Waals surface area contributed by atoms with Crippen LogP contribution in [-0.4, -0.2) is 27.6 Å². The summed E-state index contributed by atoms with van der Waals surface area (Å²) < 4.78 is 5.32. The van der Waals surface area contributed by atoms with Gasteiger partial charge >= 0.3 is 5.97 Å². The van der Waals surface area contributed by atoms with Crippen LogP contribution in [0.2, 0.25) is 0 Å². The van der Waals surface area contributed by atoms with Gasteiger partial charge in [-0.3, -0.25) is 9.59 Å². The number of H-pyrrole nitrogens is 1. The zero-order valence-corrected chi connectivity index (χ0v) is 13.1. The lowest BCUT2D eigenvalue weighted by atomic mass is 9.84. The van der Waals surface area contributed by atoms with Gasteiger partial charge < -0.3 is 20.6 Å². The van der Waals surface area contributed by atoms with Crippen LogP contribution >= 0.6 is 11.3 Å². The average molecular weight is 336 g/mol. The number of hydrogen-bond donors (Lipinski definition) is 3. The lowest BCUT2D eigenvalue weighted by Crippen LogP contribution is -2.49. The Morgan fingerprint density at radius 2 is 1.96 bits per heavy atom. The minimum absolute atomic E-state index is 0.327. The number of carbonyl (C=O) groups is 2. The first-order valence-corrected chi connectivity index (χ1v) is 8.23. The van der Waals surface area contributed by atoms with E-state index in [9.17, 15) is 19.5 Å². The number of thiophene rings is 1. The maximum absolute atomic E-state index is 12.4. The Bertz CT molecular complexity index is 832. The summed E-state index contributed by atoms with van der Waals surface area (Å²) in [5.74, 6) is -2.19. The minimum atomic E-state index is -1.40. The van der Waals surface area contributed by atoms with Crippen molar-refractivity contribution in [2.45, 2.75) is 37.7 Å². The summed E-state index contributed by atoms with van der Waals surface area (Å²) in [6.07, 6.45) is 3.00. The van der Waals surface area contributed by atoms with Crippen molar-refractivity contribution in [1.82, 2.24) is 4.98 Å². The van der Waals surface area contributed by atoms with Gasteiger partial charge in [0.1, 0.15) is 5.75 Å². The number of aromatic amines is 1. The lowest BCUT2D eigenvalue weighted by Gasteiger charge is -2.33. The summed E-state index contributed by atoms with van der Waals surface area (Å²) in [4.78, 5) is 38.8. The lowest BCUT2D eigenvalue weighted by molar-refractivity contribution is -0.140. The van der Waals surface area contributed by atoms with Gasteiger partial charge in [-0.25, -0.2) is 4.79 Å². The first-order valence-electron chi connectivity index (χ1n) is 7.29. The first-order chi connectivity index (χ1) is 10.9. The Morgan fingerprint density at radius 1 is 1.26 bits per heavy atom. The van der Waals surface area contributed by atoms with Crippen molar-refractivity contribution < 1.29 is 19.4 Å². The minimum Gasteiger partial charge on any atom is -0.506 e. The molecule has 2 heterocycles. The number of fused-ring (bicyclic) bond motifs is 1. The molecule has 0 atom stereocenters. The third-order valence-electron chi connectivity index (χ3n) is 4.23. The normalized spacial score (nSPS) is 17.0. The molecule has 1 amide bonds. The smallest absolute Gasteiger partial charge is 0.348 e. The number of carbonyl (C=O) groups excluding carboxylic acids is 2. The van der Waals surface area contributed by atoms with Gasteiger partial charge in [-0.1, -0.05) is 6.42 Å². The van der Waals surface area contributed by atoms with Gasteiger partial charge in [0.05, 0.1) is 10.9 Å². The van der Waals surface area contributed by atoms with Crippen LogP contribution in [0.5, 0.6) is 5.75 Å². The maximum Gasteiger partial charge on any atom is 0.348 e. The van der Waals surface area contributed by atoms with E-state index in [-0.39, 0.29) is 0 Å². The fraction of sp³-hybridized carbons (Fsp3) is 0.400. The summed E-state index contributed by atoms with van der Waals surface area (Å²) in [6, 6.07) is 0. The summed E-state index contributed by atoms with van der Waals surface area (Å²) in [5, 5.41) is 13.8. The number of aromatic nitrogens is 1. The highest BCUT2D eigenvalue weighted by Crippen LogP contribution is 2.34. The van der Waals surface area contributed by atoms with E-state index < -0.39 is 34.3 Å².